The van der Waals surface area contributed by atoms with Crippen molar-refractivity contribution < 1.29 is 14.3 Å². The monoisotopic (exact) mass is 408 g/mol. The fourth-order valence-electron chi connectivity index (χ4n) is 2.92. The third-order valence-corrected chi connectivity index (χ3v) is 5.39. The summed E-state index contributed by atoms with van der Waals surface area (Å²) in [5, 5.41) is 0. The molecule has 8 heteroatoms. The smallest absolute Gasteiger partial charge is 0.348 e. The maximum atomic E-state index is 12.7. The van der Waals surface area contributed by atoms with Crippen molar-refractivity contribution in [2.45, 2.75) is 6.92 Å². The number of aryl methyl sites for hydroxylation is 1. The highest BCUT2D eigenvalue weighted by Crippen LogP contribution is 2.29. The van der Waals surface area contributed by atoms with E-state index in [9.17, 15) is 14.4 Å². The van der Waals surface area contributed by atoms with Gasteiger partial charge in [-0.15, -0.1) is 11.3 Å². The molecule has 0 spiro atoms. The number of benzene rings is 2. The van der Waals surface area contributed by atoms with E-state index in [1.165, 1.54) is 17.7 Å². The summed E-state index contributed by atoms with van der Waals surface area (Å²) in [6.45, 7) is 1.89. The first-order valence-electron chi connectivity index (χ1n) is 8.69. The van der Waals surface area contributed by atoms with Gasteiger partial charge in [0, 0.05) is 6.07 Å². The van der Waals surface area contributed by atoms with E-state index < -0.39 is 17.1 Å². The zero-order chi connectivity index (χ0) is 20.5. The van der Waals surface area contributed by atoms with Gasteiger partial charge in [-0.1, -0.05) is 24.3 Å². The summed E-state index contributed by atoms with van der Waals surface area (Å²) < 4.78 is 12.0. The largest absolute Gasteiger partial charge is 0.465 e. The summed E-state index contributed by atoms with van der Waals surface area (Å²) in [6.07, 6.45) is 0. The van der Waals surface area contributed by atoms with E-state index in [1.54, 1.807) is 18.2 Å². The molecule has 2 heterocycles. The molecular weight excluding hydrogens is 392 g/mol. The standard InChI is InChI=1S/C21H16N2O5S/c1-12-8-9-13(10-16(12)28-14-6-4-3-5-7-14)23-15-11-17(21(26)27-2)29-19(15)22-18(24)20(23)25/h3-11H,1-2H3,(H,22,24). The van der Waals surface area contributed by atoms with E-state index in [2.05, 4.69) is 4.98 Å². The Labute approximate surface area is 168 Å². The van der Waals surface area contributed by atoms with Gasteiger partial charge < -0.3 is 14.5 Å². The average molecular weight is 408 g/mol. The molecule has 2 aromatic carbocycles. The number of para-hydroxylation sites is 1. The summed E-state index contributed by atoms with van der Waals surface area (Å²) >= 11 is 1.05. The molecule has 29 heavy (non-hydrogen) atoms. The number of hydrogen-bond donors (Lipinski definition) is 1. The number of hydrogen-bond acceptors (Lipinski definition) is 6. The highest BCUT2D eigenvalue weighted by atomic mass is 32.1. The Morgan fingerprint density at radius 2 is 1.83 bits per heavy atom. The Morgan fingerprint density at radius 3 is 2.55 bits per heavy atom. The first-order valence-corrected chi connectivity index (χ1v) is 9.50. The zero-order valence-corrected chi connectivity index (χ0v) is 16.4. The highest BCUT2D eigenvalue weighted by Gasteiger charge is 2.17. The van der Waals surface area contributed by atoms with E-state index in [1.807, 2.05) is 37.3 Å². The van der Waals surface area contributed by atoms with Crippen LogP contribution in [0.15, 0.2) is 64.2 Å². The molecule has 7 nitrogen and oxygen atoms in total. The van der Waals surface area contributed by atoms with Crippen LogP contribution in [0.1, 0.15) is 15.2 Å². The van der Waals surface area contributed by atoms with Crippen molar-refractivity contribution in [3.63, 3.8) is 0 Å². The fraction of sp³-hybridized carbons (Fsp3) is 0.0952. The van der Waals surface area contributed by atoms with E-state index in [0.717, 1.165) is 16.9 Å². The minimum absolute atomic E-state index is 0.283. The van der Waals surface area contributed by atoms with Crippen molar-refractivity contribution in [1.82, 2.24) is 9.55 Å². The number of ether oxygens (including phenoxy) is 2. The third kappa shape index (κ3) is 3.45. The zero-order valence-electron chi connectivity index (χ0n) is 15.6. The van der Waals surface area contributed by atoms with Crippen LogP contribution in [0.5, 0.6) is 11.5 Å². The summed E-state index contributed by atoms with van der Waals surface area (Å²) in [6, 6.07) is 16.0. The quantitative estimate of drug-likeness (QED) is 0.411. The maximum absolute atomic E-state index is 12.7. The van der Waals surface area contributed by atoms with Gasteiger partial charge in [-0.3, -0.25) is 14.2 Å². The van der Waals surface area contributed by atoms with Crippen LogP contribution in [-0.4, -0.2) is 22.6 Å². The number of carbonyl (C=O) groups excluding carboxylic acids is 1. The number of aromatic amines is 1. The predicted octanol–water partition coefficient (Wildman–Crippen LogP) is 3.63. The first kappa shape index (κ1) is 18.7. The lowest BCUT2D eigenvalue weighted by Gasteiger charge is -2.12. The van der Waals surface area contributed by atoms with Crippen LogP contribution in [-0.2, 0) is 4.74 Å². The Balaban J connectivity index is 1.90. The highest BCUT2D eigenvalue weighted by molar-refractivity contribution is 7.20. The van der Waals surface area contributed by atoms with E-state index >= 15 is 0 Å². The molecule has 2 aromatic heterocycles. The van der Waals surface area contributed by atoms with E-state index in [-0.39, 0.29) is 4.88 Å². The summed E-state index contributed by atoms with van der Waals surface area (Å²) in [4.78, 5) is 39.9. The molecule has 0 radical (unpaired) electrons. The molecule has 0 aliphatic heterocycles. The van der Waals surface area contributed by atoms with Gasteiger partial charge in [-0.05, 0) is 36.8 Å². The molecule has 0 saturated heterocycles. The topological polar surface area (TPSA) is 90.4 Å². The number of esters is 1. The Hall–Kier alpha value is -3.65. The number of fused-ring (bicyclic) bond motifs is 1. The second kappa shape index (κ2) is 7.40. The SMILES string of the molecule is COC(=O)c1cc2c([nH]c(=O)c(=O)n2-c2ccc(C)c(Oc3ccccc3)c2)s1. The lowest BCUT2D eigenvalue weighted by Crippen LogP contribution is -2.35. The molecule has 0 atom stereocenters. The molecule has 0 aliphatic rings. The molecule has 0 amide bonds. The van der Waals surface area contributed by atoms with Crippen LogP contribution in [0.4, 0.5) is 0 Å². The first-order chi connectivity index (χ1) is 14.0. The van der Waals surface area contributed by atoms with Gasteiger partial charge in [-0.2, -0.15) is 0 Å². The van der Waals surface area contributed by atoms with Crippen LogP contribution in [0, 0.1) is 6.92 Å². The van der Waals surface area contributed by atoms with Crippen molar-refractivity contribution >= 4 is 27.7 Å². The lowest BCUT2D eigenvalue weighted by molar-refractivity contribution is 0.0606. The molecular formula is C21H16N2O5S. The van der Waals surface area contributed by atoms with Crippen LogP contribution < -0.4 is 15.9 Å². The van der Waals surface area contributed by atoms with Gasteiger partial charge >= 0.3 is 17.1 Å². The van der Waals surface area contributed by atoms with Crippen LogP contribution >= 0.6 is 11.3 Å². The molecule has 4 rings (SSSR count). The van der Waals surface area contributed by atoms with Gasteiger partial charge in [0.1, 0.15) is 21.2 Å². The molecule has 146 valence electrons. The molecule has 4 aromatic rings. The Morgan fingerprint density at radius 1 is 1.07 bits per heavy atom. The number of nitrogens with one attached hydrogen (secondary N) is 1. The number of aromatic nitrogens is 2. The summed E-state index contributed by atoms with van der Waals surface area (Å²) in [5.74, 6) is 0.667. The van der Waals surface area contributed by atoms with Gasteiger partial charge in [-0.25, -0.2) is 4.79 Å². The van der Waals surface area contributed by atoms with Crippen LogP contribution in [0.25, 0.3) is 16.0 Å². The van der Waals surface area contributed by atoms with Gasteiger partial charge in [0.25, 0.3) is 0 Å². The number of thiophene rings is 1. The van der Waals surface area contributed by atoms with Gasteiger partial charge in [0.05, 0.1) is 18.3 Å². The van der Waals surface area contributed by atoms with E-state index in [4.69, 9.17) is 9.47 Å². The lowest BCUT2D eigenvalue weighted by atomic mass is 10.2. The average Bonchev–Trinajstić information content (AvgIpc) is 3.14. The predicted molar refractivity (Wildman–Crippen MR) is 111 cm³/mol. The minimum atomic E-state index is -0.776. The van der Waals surface area contributed by atoms with Crippen molar-refractivity contribution in [2.24, 2.45) is 0 Å². The van der Waals surface area contributed by atoms with Crippen LogP contribution in [0.2, 0.25) is 0 Å². The molecule has 0 fully saturated rings. The molecule has 0 bridgehead atoms. The summed E-state index contributed by atoms with van der Waals surface area (Å²) in [5.41, 5.74) is 0.210. The molecule has 0 aliphatic carbocycles. The Kier molecular flexibility index (Phi) is 4.77. The second-order valence-corrected chi connectivity index (χ2v) is 7.33. The molecule has 0 unspecified atom stereocenters. The van der Waals surface area contributed by atoms with Crippen molar-refractivity contribution in [1.29, 1.82) is 0 Å². The number of H-pyrrole nitrogens is 1. The van der Waals surface area contributed by atoms with E-state index in [0.29, 0.717) is 27.5 Å². The van der Waals surface area contributed by atoms with Gasteiger partial charge in [0.15, 0.2) is 0 Å². The minimum Gasteiger partial charge on any atom is -0.465 e. The van der Waals surface area contributed by atoms with Gasteiger partial charge in [0.2, 0.25) is 0 Å². The molecule has 1 N–H and O–H groups in total. The molecule has 0 saturated carbocycles. The van der Waals surface area contributed by atoms with Crippen LogP contribution in [0.3, 0.4) is 0 Å². The van der Waals surface area contributed by atoms with Crippen molar-refractivity contribution in [2.75, 3.05) is 7.11 Å². The normalized spacial score (nSPS) is 10.8. The Bertz CT molecular complexity index is 1330. The number of carbonyl (C=O) groups is 1. The maximum Gasteiger partial charge on any atom is 0.348 e. The number of methoxy groups -OCH3 is 1. The number of nitrogens with zero attached hydrogens (tertiary/aromatic N) is 1. The van der Waals surface area contributed by atoms with Crippen molar-refractivity contribution in [3.05, 3.63) is 85.7 Å². The van der Waals surface area contributed by atoms with Crippen molar-refractivity contribution in [3.8, 4) is 17.2 Å². The number of rotatable bonds is 4. The summed E-state index contributed by atoms with van der Waals surface area (Å²) in [7, 11) is 1.27. The second-order valence-electron chi connectivity index (χ2n) is 6.28. The third-order valence-electron chi connectivity index (χ3n) is 4.37. The fourth-order valence-corrected chi connectivity index (χ4v) is 3.87.